The largest absolute Gasteiger partial charge is 0.252 e. The quantitative estimate of drug-likeness (QED) is 0.144. The minimum atomic E-state index is 0.0367. The van der Waals surface area contributed by atoms with E-state index in [1.54, 1.807) is 5.57 Å². The fourth-order valence-corrected chi connectivity index (χ4v) is 9.70. The molecule has 46 heavy (non-hydrogen) atoms. The Balaban J connectivity index is 1.16. The van der Waals surface area contributed by atoms with Crippen molar-refractivity contribution in [3.8, 4) is 22.4 Å². The Morgan fingerprint density at radius 2 is 1.52 bits per heavy atom. The van der Waals surface area contributed by atoms with Gasteiger partial charge in [-0.05, 0) is 74.4 Å². The summed E-state index contributed by atoms with van der Waals surface area (Å²) in [5, 5.41) is 5.12. The Morgan fingerprint density at radius 1 is 0.717 bits per heavy atom. The highest BCUT2D eigenvalue weighted by molar-refractivity contribution is 7.25. The van der Waals surface area contributed by atoms with Crippen molar-refractivity contribution in [2.45, 2.75) is 46.0 Å². The maximum Gasteiger partial charge on any atom is 0.0976 e. The van der Waals surface area contributed by atoms with Gasteiger partial charge >= 0.3 is 0 Å². The van der Waals surface area contributed by atoms with E-state index < -0.39 is 0 Å². The van der Waals surface area contributed by atoms with E-state index in [4.69, 9.17) is 9.97 Å². The van der Waals surface area contributed by atoms with Crippen LogP contribution in [-0.4, -0.2) is 9.97 Å². The number of allylic oxidation sites excluding steroid dienone is 3. The lowest BCUT2D eigenvalue weighted by atomic mass is 9.66. The fraction of sp³-hybridized carbons (Fsp3) is 0.209. The van der Waals surface area contributed by atoms with Crippen LogP contribution in [0.2, 0.25) is 0 Å². The third kappa shape index (κ3) is 3.36. The van der Waals surface area contributed by atoms with Crippen LogP contribution < -0.4 is 0 Å². The second kappa shape index (κ2) is 8.60. The van der Waals surface area contributed by atoms with Crippen LogP contribution in [0.3, 0.4) is 0 Å². The number of thiophene rings is 1. The standard InChI is InChI=1S/C43H34N2S/c1-41(2,3)27-14-15-28-30-17-18-43-33(22-42(43,4)5)38(43)37(30)40-39(32(28)21-27)45-34(23-44-40)26-10-8-9-24(19-26)25-13-16-36-31(20-25)29-11-6-7-12-35(29)46-36/h6-23,38H,1-5H3. The molecule has 0 saturated heterocycles. The zero-order valence-corrected chi connectivity index (χ0v) is 27.6. The van der Waals surface area contributed by atoms with Gasteiger partial charge in [0.1, 0.15) is 0 Å². The van der Waals surface area contributed by atoms with E-state index in [0.717, 1.165) is 22.3 Å². The summed E-state index contributed by atoms with van der Waals surface area (Å²) in [6.07, 6.45) is 9.37. The molecule has 0 bridgehead atoms. The molecule has 2 unspecified atom stereocenters. The van der Waals surface area contributed by atoms with Crippen molar-refractivity contribution in [2.24, 2.45) is 10.8 Å². The first kappa shape index (κ1) is 26.6. The van der Waals surface area contributed by atoms with Crippen molar-refractivity contribution in [1.82, 2.24) is 9.97 Å². The van der Waals surface area contributed by atoms with Crippen molar-refractivity contribution in [1.29, 1.82) is 0 Å². The highest BCUT2D eigenvalue weighted by Gasteiger charge is 2.73. The summed E-state index contributed by atoms with van der Waals surface area (Å²) < 4.78 is 2.66. The third-order valence-corrected chi connectivity index (χ3v) is 12.3. The van der Waals surface area contributed by atoms with Crippen LogP contribution in [0.5, 0.6) is 0 Å². The Hall–Kier alpha value is -4.60. The molecule has 10 rings (SSSR count). The van der Waals surface area contributed by atoms with Gasteiger partial charge in [-0.2, -0.15) is 0 Å². The highest BCUT2D eigenvalue weighted by atomic mass is 32.1. The Kier molecular flexibility index (Phi) is 4.97. The maximum atomic E-state index is 5.48. The molecule has 0 aliphatic heterocycles. The number of nitrogens with zero attached hydrogens (tertiary/aromatic N) is 2. The lowest BCUT2D eigenvalue weighted by Crippen LogP contribution is -2.29. The van der Waals surface area contributed by atoms with Gasteiger partial charge in [-0.1, -0.05) is 113 Å². The van der Waals surface area contributed by atoms with Crippen molar-refractivity contribution in [2.75, 3.05) is 0 Å². The molecule has 2 aromatic heterocycles. The van der Waals surface area contributed by atoms with Gasteiger partial charge in [0.05, 0.1) is 22.9 Å². The number of rotatable bonds is 2. The second-order valence-corrected chi connectivity index (χ2v) is 16.2. The molecule has 3 aliphatic carbocycles. The summed E-state index contributed by atoms with van der Waals surface area (Å²) in [7, 11) is 0. The van der Waals surface area contributed by atoms with E-state index in [1.165, 1.54) is 58.8 Å². The van der Waals surface area contributed by atoms with E-state index in [2.05, 4.69) is 138 Å². The summed E-state index contributed by atoms with van der Waals surface area (Å²) in [5.74, 6) is 0.406. The van der Waals surface area contributed by atoms with Crippen molar-refractivity contribution >= 4 is 59.4 Å². The van der Waals surface area contributed by atoms with Crippen LogP contribution in [0.4, 0.5) is 0 Å². The molecule has 2 heterocycles. The molecule has 3 heteroatoms. The first-order chi connectivity index (χ1) is 22.1. The molecule has 3 aliphatic rings. The molecule has 1 fully saturated rings. The normalized spacial score (nSPS) is 20.8. The van der Waals surface area contributed by atoms with Crippen LogP contribution in [0, 0.1) is 10.8 Å². The van der Waals surface area contributed by atoms with E-state index in [0.29, 0.717) is 5.92 Å². The van der Waals surface area contributed by atoms with Gasteiger partial charge < -0.3 is 0 Å². The molecule has 0 amide bonds. The number of aromatic nitrogens is 2. The van der Waals surface area contributed by atoms with Crippen LogP contribution in [-0.2, 0) is 5.41 Å². The molecule has 2 nitrogen and oxygen atoms in total. The fourth-order valence-electron chi connectivity index (χ4n) is 8.62. The minimum Gasteiger partial charge on any atom is -0.252 e. The lowest BCUT2D eigenvalue weighted by molar-refractivity contribution is 0.295. The van der Waals surface area contributed by atoms with Gasteiger partial charge in [0.25, 0.3) is 0 Å². The van der Waals surface area contributed by atoms with Gasteiger partial charge in [0.15, 0.2) is 0 Å². The van der Waals surface area contributed by atoms with Gasteiger partial charge in [0.2, 0.25) is 0 Å². The first-order valence-electron chi connectivity index (χ1n) is 16.4. The minimum absolute atomic E-state index is 0.0367. The smallest absolute Gasteiger partial charge is 0.0976 e. The predicted octanol–water partition coefficient (Wildman–Crippen LogP) is 11.9. The lowest BCUT2D eigenvalue weighted by Gasteiger charge is -2.37. The average molecular weight is 611 g/mol. The summed E-state index contributed by atoms with van der Waals surface area (Å²) in [5.41, 5.74) is 12.4. The molecule has 2 atom stereocenters. The molecular weight excluding hydrogens is 577 g/mol. The van der Waals surface area contributed by atoms with Crippen molar-refractivity contribution in [3.63, 3.8) is 0 Å². The molecule has 222 valence electrons. The molecule has 0 radical (unpaired) electrons. The first-order valence-corrected chi connectivity index (χ1v) is 17.2. The zero-order valence-electron chi connectivity index (χ0n) is 26.8. The molecule has 5 aromatic carbocycles. The van der Waals surface area contributed by atoms with Crippen LogP contribution in [0.15, 0.2) is 109 Å². The van der Waals surface area contributed by atoms with Crippen LogP contribution in [0.25, 0.3) is 70.4 Å². The summed E-state index contributed by atoms with van der Waals surface area (Å²) in [6.45, 7) is 11.6. The molecule has 1 spiro atoms. The SMILES string of the molecule is CC(C)(C)c1ccc2c3c(c4ncc(-c5cccc(-c6ccc7sc8ccccc8c7c6)c5)nc4c2c1)C1C2=CC(C)(C)C21C=C3. The van der Waals surface area contributed by atoms with E-state index in [1.807, 2.05) is 17.5 Å². The van der Waals surface area contributed by atoms with E-state index in [-0.39, 0.29) is 16.2 Å². The number of hydrogen-bond donors (Lipinski definition) is 0. The van der Waals surface area contributed by atoms with Crippen LogP contribution >= 0.6 is 11.3 Å². The van der Waals surface area contributed by atoms with Gasteiger partial charge in [0, 0.05) is 42.5 Å². The van der Waals surface area contributed by atoms with Crippen molar-refractivity contribution in [3.05, 3.63) is 126 Å². The van der Waals surface area contributed by atoms with E-state index >= 15 is 0 Å². The predicted molar refractivity (Wildman–Crippen MR) is 196 cm³/mol. The Bertz CT molecular complexity index is 2560. The average Bonchev–Trinajstić information content (AvgIpc) is 3.47. The van der Waals surface area contributed by atoms with Gasteiger partial charge in [-0.25, -0.2) is 4.98 Å². The molecule has 7 aromatic rings. The van der Waals surface area contributed by atoms with E-state index in [9.17, 15) is 0 Å². The highest BCUT2D eigenvalue weighted by Crippen LogP contribution is 2.83. The van der Waals surface area contributed by atoms with Gasteiger partial charge in [-0.3, -0.25) is 4.98 Å². The number of fused-ring (bicyclic) bond motifs is 11. The maximum absolute atomic E-state index is 5.48. The Labute approximate surface area is 273 Å². The topological polar surface area (TPSA) is 25.8 Å². The number of benzene rings is 5. The summed E-state index contributed by atoms with van der Waals surface area (Å²) >= 11 is 1.86. The molecular formula is C43H34N2S. The molecule has 0 N–H and O–H groups in total. The third-order valence-electron chi connectivity index (χ3n) is 11.2. The Morgan fingerprint density at radius 3 is 2.37 bits per heavy atom. The number of hydrogen-bond acceptors (Lipinski definition) is 3. The summed E-state index contributed by atoms with van der Waals surface area (Å²) in [6, 6.07) is 31.4. The molecule has 1 saturated carbocycles. The van der Waals surface area contributed by atoms with Crippen molar-refractivity contribution < 1.29 is 0 Å². The monoisotopic (exact) mass is 610 g/mol. The second-order valence-electron chi connectivity index (χ2n) is 15.1. The van der Waals surface area contributed by atoms with Crippen LogP contribution in [0.1, 0.15) is 57.2 Å². The van der Waals surface area contributed by atoms with Gasteiger partial charge in [-0.15, -0.1) is 11.3 Å². The zero-order chi connectivity index (χ0) is 31.2. The summed E-state index contributed by atoms with van der Waals surface area (Å²) in [4.78, 5) is 10.8.